The summed E-state index contributed by atoms with van der Waals surface area (Å²) in [6.45, 7) is 15.5. The zero-order chi connectivity index (χ0) is 31.1. The van der Waals surface area contributed by atoms with Gasteiger partial charge in [-0.25, -0.2) is 0 Å². The number of fused-ring (bicyclic) bond motifs is 1. The molecule has 0 saturated carbocycles. The molecule has 44 heavy (non-hydrogen) atoms. The van der Waals surface area contributed by atoms with E-state index in [1.807, 2.05) is 0 Å². The summed E-state index contributed by atoms with van der Waals surface area (Å²) in [5.41, 5.74) is 2.87. The standard InChI is InChI=1S/C34H15N4O6/c1-20-11-25(17-36(2)33(20)41)24-13-29(43-3)27(30(14-24)44-4)19-37-15-22(16-37)6-5-21-7-8-23-18-38(34(42)26(23)12-21)28-9-10-31(39)35-32(28)40/h7-8,11-14,17H,1-4H2. The van der Waals surface area contributed by atoms with Gasteiger partial charge in [0.25, 0.3) is 23.3 Å². The Morgan fingerprint density at radius 1 is 0.864 bits per heavy atom. The van der Waals surface area contributed by atoms with Crippen molar-refractivity contribution in [2.45, 2.75) is 0 Å². The highest BCUT2D eigenvalue weighted by atomic mass is 16.5. The highest BCUT2D eigenvalue weighted by molar-refractivity contribution is 6.14. The Hall–Kier alpha value is -4.88. The van der Waals surface area contributed by atoms with Gasteiger partial charge in [0.2, 0.25) is 0 Å². The van der Waals surface area contributed by atoms with E-state index in [4.69, 9.17) is 9.47 Å². The van der Waals surface area contributed by atoms with Gasteiger partial charge in [-0.1, -0.05) is 17.9 Å². The predicted molar refractivity (Wildman–Crippen MR) is 151 cm³/mol. The van der Waals surface area contributed by atoms with Crippen LogP contribution in [0.5, 0.6) is 11.5 Å². The van der Waals surface area contributed by atoms with E-state index in [0.717, 1.165) is 4.90 Å². The van der Waals surface area contributed by atoms with Gasteiger partial charge in [-0.3, -0.25) is 24.1 Å². The molecule has 0 spiro atoms. The lowest BCUT2D eigenvalue weighted by Crippen LogP contribution is -2.43. The zero-order valence-corrected chi connectivity index (χ0v) is 22.6. The van der Waals surface area contributed by atoms with Gasteiger partial charge in [-0.15, -0.1) is 0 Å². The lowest BCUT2D eigenvalue weighted by molar-refractivity contribution is -0.130. The maximum absolute atomic E-state index is 12.9. The lowest BCUT2D eigenvalue weighted by Gasteiger charge is -2.32. The SMILES string of the molecule is [CH2]Oc1cc(-c2cc([CH2])c(=O)n([CH2])c2)cc(O[CH2])c1[C]N1[C][C](C#Cc2ccc3c(c2)C(=O)N([C]2[C][C]C(=O)[N]C2=O)[C]3)[C]1. The summed E-state index contributed by atoms with van der Waals surface area (Å²) in [7, 11) is 10.7. The fourth-order valence-electron chi connectivity index (χ4n) is 4.37. The number of carbonyl (C=O) groups excluding carboxylic acids is 3. The number of hydrogen-bond acceptors (Lipinski definition) is 7. The van der Waals surface area contributed by atoms with Gasteiger partial charge in [-0.05, 0) is 53.9 Å². The van der Waals surface area contributed by atoms with Crippen LogP contribution in [-0.2, 0) is 9.59 Å². The van der Waals surface area contributed by atoms with E-state index in [0.29, 0.717) is 45.2 Å². The molecule has 3 amide bonds. The number of amides is 3. The summed E-state index contributed by atoms with van der Waals surface area (Å²) < 4.78 is 11.8. The molecule has 0 bridgehead atoms. The summed E-state index contributed by atoms with van der Waals surface area (Å²) in [5, 5.41) is 3.26. The van der Waals surface area contributed by atoms with E-state index < -0.39 is 17.7 Å². The van der Waals surface area contributed by atoms with E-state index in [1.165, 1.54) is 9.47 Å². The molecule has 10 nitrogen and oxygen atoms in total. The van der Waals surface area contributed by atoms with E-state index in [-0.39, 0.29) is 22.7 Å². The van der Waals surface area contributed by atoms with Crippen LogP contribution < -0.4 is 20.3 Å². The number of piperidine rings is 1. The van der Waals surface area contributed by atoms with Crippen molar-refractivity contribution < 1.29 is 23.9 Å². The predicted octanol–water partition coefficient (Wildman–Crippen LogP) is 2.29. The van der Waals surface area contributed by atoms with Crippen molar-refractivity contribution >= 4 is 17.7 Å². The van der Waals surface area contributed by atoms with Crippen LogP contribution >= 0.6 is 0 Å². The third-order valence-corrected chi connectivity index (χ3v) is 6.48. The number of carbonyl (C=O) groups is 3. The van der Waals surface area contributed by atoms with Gasteiger partial charge >= 0.3 is 0 Å². The first-order valence-corrected chi connectivity index (χ1v) is 12.5. The molecule has 0 N–H and O–H groups in total. The van der Waals surface area contributed by atoms with Crippen LogP contribution in [-0.4, -0.2) is 32.1 Å². The average Bonchev–Trinajstić information content (AvgIpc) is 3.31. The molecule has 0 aliphatic carbocycles. The first kappa shape index (κ1) is 29.2. The Bertz CT molecular complexity index is 1760. The molecule has 1 aromatic heterocycles. The summed E-state index contributed by atoms with van der Waals surface area (Å²) >= 11 is 0. The Kier molecular flexibility index (Phi) is 7.74. The molecule has 2 fully saturated rings. The Labute approximate surface area is 255 Å². The summed E-state index contributed by atoms with van der Waals surface area (Å²) in [5.74, 6) is 4.59. The van der Waals surface area contributed by atoms with Gasteiger partial charge in [0.1, 0.15) is 38.8 Å². The maximum atomic E-state index is 12.9. The van der Waals surface area contributed by atoms with Gasteiger partial charge in [0.15, 0.2) is 6.04 Å². The fraction of sp³-hybridized carbons (Fsp3) is 0. The largest absolute Gasteiger partial charge is 0.490 e. The number of imide groups is 1. The fourth-order valence-corrected chi connectivity index (χ4v) is 4.37. The Balaban J connectivity index is 1.11. The van der Waals surface area contributed by atoms with Gasteiger partial charge in [-0.2, -0.15) is 5.32 Å². The molecule has 207 valence electrons. The van der Waals surface area contributed by atoms with Crippen molar-refractivity contribution in [1.82, 2.24) is 19.7 Å². The number of ether oxygens (including phenoxy) is 2. The van der Waals surface area contributed by atoms with Crippen molar-refractivity contribution in [2.75, 3.05) is 0 Å². The minimum atomic E-state index is -0.896. The van der Waals surface area contributed by atoms with Crippen molar-refractivity contribution in [3.8, 4) is 34.5 Å². The molecular weight excluding hydrogens is 560 g/mol. The number of nitrogens with zero attached hydrogens (tertiary/aromatic N) is 4. The zero-order valence-electron chi connectivity index (χ0n) is 22.6. The van der Waals surface area contributed by atoms with Crippen molar-refractivity contribution in [3.05, 3.63) is 160 Å². The van der Waals surface area contributed by atoms with Crippen LogP contribution in [0.1, 0.15) is 32.6 Å². The second-order valence-corrected chi connectivity index (χ2v) is 9.29. The van der Waals surface area contributed by atoms with Gasteiger partial charge < -0.3 is 18.9 Å². The number of rotatable bonds is 6. The molecule has 10 heteroatoms. The molecule has 2 saturated heterocycles. The normalized spacial score (nSPS) is 17.1. The molecular formula is C34H15N4O6. The topological polar surface area (TPSA) is 112 Å². The molecule has 2 aromatic carbocycles. The minimum Gasteiger partial charge on any atom is -0.490 e. The first-order valence-electron chi connectivity index (χ1n) is 12.5. The van der Waals surface area contributed by atoms with E-state index >= 15 is 0 Å². The number of likely N-dealkylation sites (tertiary alicyclic amines) is 1. The van der Waals surface area contributed by atoms with Crippen LogP contribution in [0.15, 0.2) is 47.4 Å². The van der Waals surface area contributed by atoms with Crippen LogP contribution in [0.25, 0.3) is 11.1 Å². The second kappa shape index (κ2) is 11.7. The van der Waals surface area contributed by atoms with Crippen LogP contribution in [0.2, 0.25) is 0 Å². The smallest absolute Gasteiger partial charge is 0.278 e. The van der Waals surface area contributed by atoms with Gasteiger partial charge in [0, 0.05) is 36.4 Å². The lowest BCUT2D eigenvalue weighted by atomic mass is 9.97. The number of hydrogen-bond donors (Lipinski definition) is 0. The van der Waals surface area contributed by atoms with E-state index in [2.05, 4.69) is 84.4 Å². The Morgan fingerprint density at radius 2 is 1.59 bits per heavy atom. The van der Waals surface area contributed by atoms with Gasteiger partial charge in [0.05, 0.1) is 31.0 Å². The average molecular weight is 576 g/mol. The van der Waals surface area contributed by atoms with E-state index in [9.17, 15) is 19.2 Å². The summed E-state index contributed by atoms with van der Waals surface area (Å²) in [6.07, 6.45) is 6.09. The third kappa shape index (κ3) is 5.47. The number of pyridine rings is 1. The monoisotopic (exact) mass is 575 g/mol. The highest BCUT2D eigenvalue weighted by Crippen LogP contribution is 2.40. The molecule has 3 aromatic rings. The minimum absolute atomic E-state index is 0.240. The number of benzene rings is 2. The van der Waals surface area contributed by atoms with Crippen molar-refractivity contribution in [3.63, 3.8) is 0 Å². The van der Waals surface area contributed by atoms with E-state index in [1.54, 1.807) is 42.6 Å². The molecule has 3 aliphatic rings. The molecule has 19 radical (unpaired) electrons. The van der Waals surface area contributed by atoms with Crippen LogP contribution in [0, 0.1) is 91.0 Å². The first-order chi connectivity index (χ1) is 21.1. The molecule has 4 heterocycles. The summed E-state index contributed by atoms with van der Waals surface area (Å²) in [6, 6.07) is 9.65. The second-order valence-electron chi connectivity index (χ2n) is 9.29. The molecule has 0 atom stereocenters. The summed E-state index contributed by atoms with van der Waals surface area (Å²) in [4.78, 5) is 50.5. The van der Waals surface area contributed by atoms with Crippen LogP contribution in [0.3, 0.4) is 0 Å². The third-order valence-electron chi connectivity index (χ3n) is 6.48. The Morgan fingerprint density at radius 3 is 2.25 bits per heavy atom. The quantitative estimate of drug-likeness (QED) is 0.328. The molecule has 0 unspecified atom stereocenters. The highest BCUT2D eigenvalue weighted by Gasteiger charge is 2.42. The molecule has 3 aliphatic heterocycles. The molecule has 6 rings (SSSR count). The van der Waals surface area contributed by atoms with Crippen molar-refractivity contribution in [1.29, 1.82) is 0 Å². The van der Waals surface area contributed by atoms with Crippen LogP contribution in [0.4, 0.5) is 0 Å². The number of aromatic nitrogens is 1. The maximum Gasteiger partial charge on any atom is 0.278 e. The van der Waals surface area contributed by atoms with Crippen molar-refractivity contribution in [2.24, 2.45) is 0 Å².